The van der Waals surface area contributed by atoms with Crippen molar-refractivity contribution in [3.63, 3.8) is 0 Å². The van der Waals surface area contributed by atoms with E-state index >= 15 is 0 Å². The summed E-state index contributed by atoms with van der Waals surface area (Å²) in [5.74, 6) is 6.18. The molecule has 0 spiro atoms. The van der Waals surface area contributed by atoms with Crippen LogP contribution in [0.25, 0.3) is 0 Å². The second-order valence-electron chi connectivity index (χ2n) is 3.81. The standard InChI is InChI=1S/C12H17N3O/c1-3-16-11-7-5-4-6-10(11)8-12(2,9-13)15-14/h4-7,15H,3,8,14H2,1-2H3. The third-order valence-corrected chi connectivity index (χ3v) is 2.38. The fourth-order valence-electron chi connectivity index (χ4n) is 1.45. The minimum absolute atomic E-state index is 0.510. The summed E-state index contributed by atoms with van der Waals surface area (Å²) in [6.45, 7) is 4.30. The first-order valence-electron chi connectivity index (χ1n) is 5.25. The van der Waals surface area contributed by atoms with Crippen molar-refractivity contribution in [1.82, 2.24) is 5.43 Å². The van der Waals surface area contributed by atoms with E-state index in [1.165, 1.54) is 0 Å². The molecule has 0 fully saturated rings. The van der Waals surface area contributed by atoms with Crippen LogP contribution >= 0.6 is 0 Å². The van der Waals surface area contributed by atoms with Crippen molar-refractivity contribution in [3.8, 4) is 11.8 Å². The molecule has 16 heavy (non-hydrogen) atoms. The first kappa shape index (κ1) is 12.5. The van der Waals surface area contributed by atoms with Crippen LogP contribution in [0.1, 0.15) is 19.4 Å². The van der Waals surface area contributed by atoms with Crippen molar-refractivity contribution in [2.45, 2.75) is 25.8 Å². The van der Waals surface area contributed by atoms with Gasteiger partial charge in [-0.3, -0.25) is 5.84 Å². The SMILES string of the molecule is CCOc1ccccc1CC(C)(C#N)NN. The van der Waals surface area contributed by atoms with Gasteiger partial charge in [0, 0.05) is 6.42 Å². The van der Waals surface area contributed by atoms with E-state index in [0.29, 0.717) is 13.0 Å². The normalized spacial score (nSPS) is 13.9. The molecule has 86 valence electrons. The zero-order valence-electron chi connectivity index (χ0n) is 9.66. The zero-order chi connectivity index (χ0) is 12.0. The summed E-state index contributed by atoms with van der Waals surface area (Å²) < 4.78 is 5.49. The van der Waals surface area contributed by atoms with Crippen molar-refractivity contribution >= 4 is 0 Å². The summed E-state index contributed by atoms with van der Waals surface area (Å²) in [7, 11) is 0. The van der Waals surface area contributed by atoms with Crippen LogP contribution in [0.3, 0.4) is 0 Å². The molecule has 0 aliphatic rings. The van der Waals surface area contributed by atoms with E-state index in [0.717, 1.165) is 11.3 Å². The van der Waals surface area contributed by atoms with E-state index in [2.05, 4.69) is 11.5 Å². The maximum atomic E-state index is 9.03. The van der Waals surface area contributed by atoms with Crippen molar-refractivity contribution in [2.24, 2.45) is 5.84 Å². The number of nitrogens with two attached hydrogens (primary N) is 1. The monoisotopic (exact) mass is 219 g/mol. The van der Waals surface area contributed by atoms with Gasteiger partial charge in [0.25, 0.3) is 0 Å². The lowest BCUT2D eigenvalue weighted by atomic mass is 9.94. The molecule has 1 atom stereocenters. The Labute approximate surface area is 96.0 Å². The Morgan fingerprint density at radius 3 is 2.75 bits per heavy atom. The fraction of sp³-hybridized carbons (Fsp3) is 0.417. The van der Waals surface area contributed by atoms with E-state index in [4.69, 9.17) is 15.8 Å². The van der Waals surface area contributed by atoms with E-state index in [1.807, 2.05) is 31.2 Å². The number of hydrazine groups is 1. The highest BCUT2D eigenvalue weighted by atomic mass is 16.5. The summed E-state index contributed by atoms with van der Waals surface area (Å²) in [5.41, 5.74) is 2.74. The number of nitrogens with zero attached hydrogens (tertiary/aromatic N) is 1. The molecule has 1 aromatic rings. The lowest BCUT2D eigenvalue weighted by Crippen LogP contribution is -2.47. The molecule has 4 nitrogen and oxygen atoms in total. The van der Waals surface area contributed by atoms with Crippen molar-refractivity contribution < 1.29 is 4.74 Å². The van der Waals surface area contributed by atoms with Crippen LogP contribution in [0.4, 0.5) is 0 Å². The van der Waals surface area contributed by atoms with Gasteiger partial charge < -0.3 is 4.74 Å². The molecule has 3 N–H and O–H groups in total. The first-order valence-corrected chi connectivity index (χ1v) is 5.25. The molecule has 0 radical (unpaired) electrons. The predicted octanol–water partition coefficient (Wildman–Crippen LogP) is 1.37. The zero-order valence-corrected chi connectivity index (χ0v) is 9.66. The van der Waals surface area contributed by atoms with Crippen LogP contribution in [0.15, 0.2) is 24.3 Å². The Bertz CT molecular complexity index is 386. The molecule has 0 amide bonds. The Morgan fingerprint density at radius 1 is 1.50 bits per heavy atom. The quantitative estimate of drug-likeness (QED) is 0.579. The molecule has 0 aliphatic carbocycles. The number of hydrogen-bond acceptors (Lipinski definition) is 4. The molecule has 1 unspecified atom stereocenters. The van der Waals surface area contributed by atoms with Crippen LogP contribution in [0, 0.1) is 11.3 Å². The van der Waals surface area contributed by atoms with Gasteiger partial charge >= 0.3 is 0 Å². The molecule has 0 aromatic heterocycles. The van der Waals surface area contributed by atoms with Crippen LogP contribution in [-0.2, 0) is 6.42 Å². The van der Waals surface area contributed by atoms with Crippen LogP contribution in [0.5, 0.6) is 5.75 Å². The van der Waals surface area contributed by atoms with Gasteiger partial charge in [0.15, 0.2) is 0 Å². The highest BCUT2D eigenvalue weighted by Gasteiger charge is 2.23. The van der Waals surface area contributed by atoms with E-state index < -0.39 is 5.54 Å². The van der Waals surface area contributed by atoms with Gasteiger partial charge in [0.2, 0.25) is 0 Å². The van der Waals surface area contributed by atoms with Crippen molar-refractivity contribution in [3.05, 3.63) is 29.8 Å². The largest absolute Gasteiger partial charge is 0.494 e. The van der Waals surface area contributed by atoms with Crippen LogP contribution in [0.2, 0.25) is 0 Å². The number of ether oxygens (including phenoxy) is 1. The van der Waals surface area contributed by atoms with E-state index in [-0.39, 0.29) is 0 Å². The highest BCUT2D eigenvalue weighted by Crippen LogP contribution is 2.22. The maximum Gasteiger partial charge on any atom is 0.122 e. The number of rotatable bonds is 5. The molecule has 0 aliphatic heterocycles. The predicted molar refractivity (Wildman–Crippen MR) is 62.7 cm³/mol. The van der Waals surface area contributed by atoms with Crippen molar-refractivity contribution in [1.29, 1.82) is 5.26 Å². The number of benzene rings is 1. The summed E-state index contributed by atoms with van der Waals surface area (Å²) in [5, 5.41) is 9.03. The topological polar surface area (TPSA) is 71.1 Å². The van der Waals surface area contributed by atoms with Gasteiger partial charge in [0.05, 0.1) is 12.7 Å². The average molecular weight is 219 g/mol. The van der Waals surface area contributed by atoms with E-state index in [1.54, 1.807) is 6.92 Å². The Kier molecular flexibility index (Phi) is 4.29. The summed E-state index contributed by atoms with van der Waals surface area (Å²) in [6, 6.07) is 9.83. The summed E-state index contributed by atoms with van der Waals surface area (Å²) in [4.78, 5) is 0. The third-order valence-electron chi connectivity index (χ3n) is 2.38. The second-order valence-corrected chi connectivity index (χ2v) is 3.81. The van der Waals surface area contributed by atoms with Gasteiger partial charge in [-0.25, -0.2) is 5.43 Å². The average Bonchev–Trinajstić information content (AvgIpc) is 2.32. The Morgan fingerprint density at radius 2 is 2.19 bits per heavy atom. The molecule has 0 bridgehead atoms. The molecule has 1 aromatic carbocycles. The lowest BCUT2D eigenvalue weighted by Gasteiger charge is -2.21. The minimum Gasteiger partial charge on any atom is -0.494 e. The second kappa shape index (κ2) is 5.50. The van der Waals surface area contributed by atoms with E-state index in [9.17, 15) is 0 Å². The van der Waals surface area contributed by atoms with Crippen LogP contribution in [-0.4, -0.2) is 12.1 Å². The first-order chi connectivity index (χ1) is 7.65. The van der Waals surface area contributed by atoms with Gasteiger partial charge in [-0.1, -0.05) is 18.2 Å². The number of para-hydroxylation sites is 1. The molecule has 0 saturated carbocycles. The van der Waals surface area contributed by atoms with Crippen molar-refractivity contribution in [2.75, 3.05) is 6.61 Å². The van der Waals surface area contributed by atoms with Gasteiger partial charge in [-0.15, -0.1) is 0 Å². The lowest BCUT2D eigenvalue weighted by molar-refractivity contribution is 0.332. The summed E-state index contributed by atoms with van der Waals surface area (Å²) >= 11 is 0. The number of nitriles is 1. The molecule has 1 rings (SSSR count). The fourth-order valence-corrected chi connectivity index (χ4v) is 1.45. The maximum absolute atomic E-state index is 9.03. The minimum atomic E-state index is -0.771. The number of nitrogens with one attached hydrogen (secondary N) is 1. The van der Waals surface area contributed by atoms with Gasteiger partial charge in [-0.05, 0) is 25.5 Å². The van der Waals surface area contributed by atoms with Gasteiger partial charge in [0.1, 0.15) is 11.3 Å². The third kappa shape index (κ3) is 2.96. The Balaban J connectivity index is 2.92. The number of hydrogen-bond donors (Lipinski definition) is 2. The molecule has 4 heteroatoms. The molecule has 0 heterocycles. The summed E-state index contributed by atoms with van der Waals surface area (Å²) in [6.07, 6.45) is 0.510. The highest BCUT2D eigenvalue weighted by molar-refractivity contribution is 5.35. The smallest absolute Gasteiger partial charge is 0.122 e. The Hall–Kier alpha value is -1.57. The van der Waals surface area contributed by atoms with Crippen LogP contribution < -0.4 is 16.0 Å². The molecular weight excluding hydrogens is 202 g/mol. The molecule has 0 saturated heterocycles. The molecular formula is C12H17N3O. The van der Waals surface area contributed by atoms with Gasteiger partial charge in [-0.2, -0.15) is 5.26 Å².